The molecule has 0 saturated carbocycles. The largest absolute Gasteiger partial charge is 0.330 e. The number of likely N-dealkylation sites (N-methyl/N-ethyl adjacent to an activating group) is 1. The highest BCUT2D eigenvalue weighted by atomic mass is 16.2. The molecule has 0 fully saturated rings. The minimum Gasteiger partial charge on any atom is -0.330 e. The summed E-state index contributed by atoms with van der Waals surface area (Å²) < 4.78 is 0. The van der Waals surface area contributed by atoms with Crippen molar-refractivity contribution in [1.82, 2.24) is 4.90 Å². The summed E-state index contributed by atoms with van der Waals surface area (Å²) in [4.78, 5) is 13.8. The second-order valence-electron chi connectivity index (χ2n) is 4.50. The van der Waals surface area contributed by atoms with Gasteiger partial charge in [-0.1, -0.05) is 24.6 Å². The Balaban J connectivity index is 2.19. The minimum absolute atomic E-state index is 0.0301. The highest BCUT2D eigenvalue weighted by Crippen LogP contribution is 2.04. The number of nitrogens with one attached hydrogen (secondary N) is 1. The average molecular weight is 249 g/mol. The van der Waals surface area contributed by atoms with E-state index < -0.39 is 0 Å². The number of benzene rings is 1. The summed E-state index contributed by atoms with van der Waals surface area (Å²) >= 11 is 0. The fourth-order valence-corrected chi connectivity index (χ4v) is 1.75. The summed E-state index contributed by atoms with van der Waals surface area (Å²) in [5.74, 6) is 0.0301. The van der Waals surface area contributed by atoms with E-state index in [0.717, 1.165) is 38.0 Å². The van der Waals surface area contributed by atoms with Crippen LogP contribution in [0.25, 0.3) is 0 Å². The quantitative estimate of drug-likeness (QED) is 0.689. The van der Waals surface area contributed by atoms with Crippen molar-refractivity contribution in [3.63, 3.8) is 0 Å². The van der Waals surface area contributed by atoms with Gasteiger partial charge in [-0.2, -0.15) is 0 Å². The van der Waals surface area contributed by atoms with Gasteiger partial charge in [0.2, 0.25) is 5.91 Å². The van der Waals surface area contributed by atoms with Crippen molar-refractivity contribution in [1.29, 1.82) is 0 Å². The molecular formula is C14H23N3O. The molecule has 0 aliphatic carbocycles. The molecule has 0 atom stereocenters. The van der Waals surface area contributed by atoms with Gasteiger partial charge in [0.1, 0.15) is 0 Å². The summed E-state index contributed by atoms with van der Waals surface area (Å²) in [6.07, 6.45) is 3.28. The fourth-order valence-electron chi connectivity index (χ4n) is 1.75. The van der Waals surface area contributed by atoms with Crippen LogP contribution in [0.3, 0.4) is 0 Å². The zero-order chi connectivity index (χ0) is 13.2. The number of hydrogen-bond donors (Lipinski definition) is 2. The van der Waals surface area contributed by atoms with Crippen molar-refractivity contribution in [2.75, 3.05) is 32.0 Å². The van der Waals surface area contributed by atoms with Crippen LogP contribution in [0.15, 0.2) is 30.3 Å². The van der Waals surface area contributed by atoms with Gasteiger partial charge in [0, 0.05) is 5.69 Å². The van der Waals surface area contributed by atoms with Crippen LogP contribution < -0.4 is 11.1 Å². The lowest BCUT2D eigenvalue weighted by atomic mass is 10.2. The second kappa shape index (κ2) is 8.66. The van der Waals surface area contributed by atoms with E-state index in [1.807, 2.05) is 42.3 Å². The van der Waals surface area contributed by atoms with Crippen LogP contribution in [-0.4, -0.2) is 37.5 Å². The molecule has 1 rings (SSSR count). The minimum atomic E-state index is 0.0301. The molecule has 0 aliphatic rings. The number of para-hydroxylation sites is 1. The van der Waals surface area contributed by atoms with Gasteiger partial charge in [-0.25, -0.2) is 0 Å². The Labute approximate surface area is 109 Å². The predicted molar refractivity (Wildman–Crippen MR) is 75.5 cm³/mol. The molecule has 1 amide bonds. The topological polar surface area (TPSA) is 58.4 Å². The van der Waals surface area contributed by atoms with E-state index in [0.29, 0.717) is 6.54 Å². The lowest BCUT2D eigenvalue weighted by molar-refractivity contribution is -0.117. The molecule has 1 aromatic rings. The number of rotatable bonds is 8. The number of anilines is 1. The number of unbranched alkanes of at least 4 members (excludes halogenated alkanes) is 2. The van der Waals surface area contributed by atoms with Crippen molar-refractivity contribution < 1.29 is 4.79 Å². The van der Waals surface area contributed by atoms with E-state index in [9.17, 15) is 4.79 Å². The van der Waals surface area contributed by atoms with Crippen molar-refractivity contribution in [2.24, 2.45) is 5.73 Å². The first-order valence-electron chi connectivity index (χ1n) is 6.46. The Bertz CT molecular complexity index is 340. The van der Waals surface area contributed by atoms with E-state index >= 15 is 0 Å². The fraction of sp³-hybridized carbons (Fsp3) is 0.500. The summed E-state index contributed by atoms with van der Waals surface area (Å²) in [5.41, 5.74) is 6.28. The predicted octanol–water partition coefficient (Wildman–Crippen LogP) is 1.69. The molecule has 4 heteroatoms. The first-order valence-corrected chi connectivity index (χ1v) is 6.46. The molecule has 100 valence electrons. The molecule has 0 aliphatic heterocycles. The maximum absolute atomic E-state index is 11.7. The smallest absolute Gasteiger partial charge is 0.238 e. The zero-order valence-corrected chi connectivity index (χ0v) is 11.1. The van der Waals surface area contributed by atoms with Crippen molar-refractivity contribution in [3.8, 4) is 0 Å². The van der Waals surface area contributed by atoms with Crippen LogP contribution in [-0.2, 0) is 4.79 Å². The number of nitrogens with zero attached hydrogens (tertiary/aromatic N) is 1. The van der Waals surface area contributed by atoms with Crippen LogP contribution in [0.2, 0.25) is 0 Å². The van der Waals surface area contributed by atoms with Gasteiger partial charge in [0.15, 0.2) is 0 Å². The first-order chi connectivity index (χ1) is 8.72. The number of carbonyl (C=O) groups is 1. The Kier molecular flexibility index (Phi) is 7.06. The third-order valence-corrected chi connectivity index (χ3v) is 2.72. The van der Waals surface area contributed by atoms with Gasteiger partial charge >= 0.3 is 0 Å². The summed E-state index contributed by atoms with van der Waals surface area (Å²) in [7, 11) is 1.97. The van der Waals surface area contributed by atoms with Crippen molar-refractivity contribution in [3.05, 3.63) is 30.3 Å². The van der Waals surface area contributed by atoms with E-state index in [1.54, 1.807) is 0 Å². The van der Waals surface area contributed by atoms with Crippen LogP contribution in [0.1, 0.15) is 19.3 Å². The van der Waals surface area contributed by atoms with Gasteiger partial charge in [-0.05, 0) is 45.1 Å². The van der Waals surface area contributed by atoms with Crippen LogP contribution >= 0.6 is 0 Å². The molecule has 0 spiro atoms. The van der Waals surface area contributed by atoms with Gasteiger partial charge in [-0.3, -0.25) is 9.69 Å². The average Bonchev–Trinajstić information content (AvgIpc) is 2.35. The summed E-state index contributed by atoms with van der Waals surface area (Å²) in [5, 5.41) is 2.87. The lowest BCUT2D eigenvalue weighted by Crippen LogP contribution is -2.30. The van der Waals surface area contributed by atoms with Gasteiger partial charge in [0.25, 0.3) is 0 Å². The molecule has 18 heavy (non-hydrogen) atoms. The highest BCUT2D eigenvalue weighted by molar-refractivity contribution is 5.92. The normalized spacial score (nSPS) is 10.6. The Morgan fingerprint density at radius 2 is 1.94 bits per heavy atom. The maximum atomic E-state index is 11.7. The molecule has 0 radical (unpaired) electrons. The van der Waals surface area contributed by atoms with Gasteiger partial charge < -0.3 is 11.1 Å². The standard InChI is InChI=1S/C14H23N3O/c1-17(11-7-3-6-10-15)12-14(18)16-13-8-4-2-5-9-13/h2,4-5,8-9H,3,6-7,10-12,15H2,1H3,(H,16,18). The van der Waals surface area contributed by atoms with Crippen molar-refractivity contribution >= 4 is 11.6 Å². The lowest BCUT2D eigenvalue weighted by Gasteiger charge is -2.16. The highest BCUT2D eigenvalue weighted by Gasteiger charge is 2.06. The Morgan fingerprint density at radius 1 is 1.22 bits per heavy atom. The molecule has 4 nitrogen and oxygen atoms in total. The molecule has 0 unspecified atom stereocenters. The Hall–Kier alpha value is -1.39. The van der Waals surface area contributed by atoms with E-state index in [-0.39, 0.29) is 5.91 Å². The summed E-state index contributed by atoms with van der Waals surface area (Å²) in [6, 6.07) is 9.52. The molecule has 1 aromatic carbocycles. The number of carbonyl (C=O) groups excluding carboxylic acids is 1. The first kappa shape index (κ1) is 14.7. The van der Waals surface area contributed by atoms with Gasteiger partial charge in [-0.15, -0.1) is 0 Å². The Morgan fingerprint density at radius 3 is 2.61 bits per heavy atom. The second-order valence-corrected chi connectivity index (χ2v) is 4.50. The monoisotopic (exact) mass is 249 g/mol. The number of nitrogens with two attached hydrogens (primary N) is 1. The molecule has 3 N–H and O–H groups in total. The molecule has 0 aromatic heterocycles. The molecule has 0 heterocycles. The third-order valence-electron chi connectivity index (χ3n) is 2.72. The number of amides is 1. The van der Waals surface area contributed by atoms with Crippen molar-refractivity contribution in [2.45, 2.75) is 19.3 Å². The van der Waals surface area contributed by atoms with E-state index in [2.05, 4.69) is 5.32 Å². The SMILES string of the molecule is CN(CCCCCN)CC(=O)Nc1ccccc1. The van der Waals surface area contributed by atoms with E-state index in [1.165, 1.54) is 0 Å². The third kappa shape index (κ3) is 6.37. The van der Waals surface area contributed by atoms with Crippen LogP contribution in [0, 0.1) is 0 Å². The van der Waals surface area contributed by atoms with Crippen LogP contribution in [0.4, 0.5) is 5.69 Å². The van der Waals surface area contributed by atoms with Crippen LogP contribution in [0.5, 0.6) is 0 Å². The zero-order valence-electron chi connectivity index (χ0n) is 11.1. The molecule has 0 bridgehead atoms. The number of hydrogen-bond acceptors (Lipinski definition) is 3. The van der Waals surface area contributed by atoms with Gasteiger partial charge in [0.05, 0.1) is 6.54 Å². The molecule has 0 saturated heterocycles. The molecular weight excluding hydrogens is 226 g/mol. The van der Waals surface area contributed by atoms with E-state index in [4.69, 9.17) is 5.73 Å². The maximum Gasteiger partial charge on any atom is 0.238 e. The summed E-state index contributed by atoms with van der Waals surface area (Å²) in [6.45, 7) is 2.11.